The van der Waals surface area contributed by atoms with Gasteiger partial charge in [0.2, 0.25) is 5.69 Å². The van der Waals surface area contributed by atoms with Crippen LogP contribution < -0.4 is 4.74 Å². The van der Waals surface area contributed by atoms with Crippen LogP contribution in [0, 0.1) is 18.4 Å². The average Bonchev–Trinajstić information content (AvgIpc) is 3.34. The Kier molecular flexibility index (Phi) is 4.21. The number of aromatic nitrogens is 2. The van der Waals surface area contributed by atoms with E-state index in [-0.39, 0.29) is 18.1 Å². The van der Waals surface area contributed by atoms with Crippen molar-refractivity contribution >= 4 is 23.2 Å². The number of hydrogen-bond acceptors (Lipinski definition) is 4. The van der Waals surface area contributed by atoms with Crippen molar-refractivity contribution in [2.24, 2.45) is 11.8 Å². The summed E-state index contributed by atoms with van der Waals surface area (Å²) in [4.78, 5) is 26.3. The Hall–Kier alpha value is -2.65. The molecule has 5 rings (SSSR count). The SMILES string of the molecule is [C-]#[N+]c1ccc(OC2CC3CC(N4Cc5ncncc5C4=O)CC3C2)cc1Cl. The van der Waals surface area contributed by atoms with Gasteiger partial charge in [-0.25, -0.2) is 14.8 Å². The molecular formula is C21H19ClN4O2. The van der Waals surface area contributed by atoms with Gasteiger partial charge in [0.05, 0.1) is 35.5 Å². The number of carbonyl (C=O) groups excluding carboxylic acids is 1. The van der Waals surface area contributed by atoms with Crippen molar-refractivity contribution in [2.45, 2.75) is 44.4 Å². The lowest BCUT2D eigenvalue weighted by atomic mass is 10.0. The molecule has 0 saturated heterocycles. The molecule has 2 aliphatic carbocycles. The minimum absolute atomic E-state index is 0.0721. The Labute approximate surface area is 168 Å². The zero-order valence-electron chi connectivity index (χ0n) is 15.2. The summed E-state index contributed by atoms with van der Waals surface area (Å²) in [6.07, 6.45) is 7.36. The molecule has 0 bridgehead atoms. The predicted molar refractivity (Wildman–Crippen MR) is 103 cm³/mol. The second-order valence-electron chi connectivity index (χ2n) is 7.90. The summed E-state index contributed by atoms with van der Waals surface area (Å²) in [6.45, 7) is 7.68. The van der Waals surface area contributed by atoms with E-state index in [9.17, 15) is 4.79 Å². The molecule has 1 amide bonds. The van der Waals surface area contributed by atoms with E-state index < -0.39 is 0 Å². The molecule has 142 valence electrons. The van der Waals surface area contributed by atoms with Crippen molar-refractivity contribution in [1.29, 1.82) is 0 Å². The number of amides is 1. The van der Waals surface area contributed by atoms with Gasteiger partial charge in [-0.2, -0.15) is 0 Å². The van der Waals surface area contributed by atoms with Gasteiger partial charge in [-0.15, -0.1) is 0 Å². The van der Waals surface area contributed by atoms with Crippen molar-refractivity contribution in [1.82, 2.24) is 14.9 Å². The number of carbonyl (C=O) groups is 1. The maximum Gasteiger partial charge on any atom is 0.257 e. The maximum absolute atomic E-state index is 12.7. The Morgan fingerprint density at radius 2 is 2.00 bits per heavy atom. The number of halogens is 1. The van der Waals surface area contributed by atoms with Crippen molar-refractivity contribution in [3.63, 3.8) is 0 Å². The van der Waals surface area contributed by atoms with Gasteiger partial charge in [0, 0.05) is 12.2 Å². The van der Waals surface area contributed by atoms with E-state index in [2.05, 4.69) is 14.8 Å². The molecule has 1 aliphatic heterocycles. The van der Waals surface area contributed by atoms with Crippen LogP contribution in [-0.4, -0.2) is 32.9 Å². The molecule has 2 aromatic rings. The third kappa shape index (κ3) is 2.91. The van der Waals surface area contributed by atoms with Gasteiger partial charge in [0.1, 0.15) is 12.1 Å². The van der Waals surface area contributed by atoms with Crippen LogP contribution in [-0.2, 0) is 6.54 Å². The standard InChI is InChI=1S/C21H19ClN4O2/c1-23-19-3-2-15(8-18(19)22)28-16-6-12-4-14(5-13(12)7-16)26-10-20-17(21(26)27)9-24-11-25-20/h2-3,8-9,11-14,16H,4-7,10H2. The maximum atomic E-state index is 12.7. The van der Waals surface area contributed by atoms with E-state index in [1.807, 2.05) is 11.0 Å². The van der Waals surface area contributed by atoms with Crippen molar-refractivity contribution in [3.8, 4) is 5.75 Å². The molecule has 0 N–H and O–H groups in total. The van der Waals surface area contributed by atoms with E-state index in [0.717, 1.165) is 37.1 Å². The highest BCUT2D eigenvalue weighted by Gasteiger charge is 2.46. The van der Waals surface area contributed by atoms with Crippen LogP contribution in [0.1, 0.15) is 41.7 Å². The summed E-state index contributed by atoms with van der Waals surface area (Å²) >= 11 is 6.11. The lowest BCUT2D eigenvalue weighted by molar-refractivity contribution is 0.0692. The molecule has 0 spiro atoms. The molecule has 6 nitrogen and oxygen atoms in total. The second-order valence-corrected chi connectivity index (χ2v) is 8.31. The zero-order valence-corrected chi connectivity index (χ0v) is 16.0. The van der Waals surface area contributed by atoms with Gasteiger partial charge in [-0.05, 0) is 49.7 Å². The summed E-state index contributed by atoms with van der Waals surface area (Å²) < 4.78 is 6.14. The van der Waals surface area contributed by atoms with Gasteiger partial charge in [-0.3, -0.25) is 4.79 Å². The van der Waals surface area contributed by atoms with E-state index in [4.69, 9.17) is 22.9 Å². The Morgan fingerprint density at radius 1 is 1.21 bits per heavy atom. The molecule has 2 atom stereocenters. The fourth-order valence-electron chi connectivity index (χ4n) is 5.07. The Bertz CT molecular complexity index is 975. The van der Waals surface area contributed by atoms with Crippen molar-refractivity contribution < 1.29 is 9.53 Å². The van der Waals surface area contributed by atoms with Crippen LogP contribution in [0.15, 0.2) is 30.7 Å². The largest absolute Gasteiger partial charge is 0.490 e. The first-order valence-electron chi connectivity index (χ1n) is 9.56. The molecule has 3 aliphatic rings. The normalized spacial score (nSPS) is 28.1. The molecule has 2 fully saturated rings. The molecule has 0 radical (unpaired) electrons. The van der Waals surface area contributed by atoms with Crippen LogP contribution in [0.4, 0.5) is 5.69 Å². The third-order valence-electron chi connectivity index (χ3n) is 6.34. The number of hydrogen-bond donors (Lipinski definition) is 0. The van der Waals surface area contributed by atoms with Crippen LogP contribution in [0.3, 0.4) is 0 Å². The van der Waals surface area contributed by atoms with Gasteiger partial charge < -0.3 is 9.64 Å². The fourth-order valence-corrected chi connectivity index (χ4v) is 5.28. The fraction of sp³-hybridized carbons (Fsp3) is 0.429. The molecular weight excluding hydrogens is 376 g/mol. The first-order chi connectivity index (χ1) is 13.6. The topological polar surface area (TPSA) is 59.7 Å². The molecule has 2 saturated carbocycles. The number of rotatable bonds is 3. The average molecular weight is 395 g/mol. The molecule has 2 heterocycles. The summed E-state index contributed by atoms with van der Waals surface area (Å²) in [5.74, 6) is 1.96. The smallest absolute Gasteiger partial charge is 0.257 e. The molecule has 1 aromatic heterocycles. The van der Waals surface area contributed by atoms with Crippen LogP contribution in [0.5, 0.6) is 5.75 Å². The number of nitrogens with zero attached hydrogens (tertiary/aromatic N) is 4. The van der Waals surface area contributed by atoms with E-state index in [0.29, 0.717) is 34.7 Å². The Balaban J connectivity index is 1.21. The Morgan fingerprint density at radius 3 is 2.68 bits per heavy atom. The lowest BCUT2D eigenvalue weighted by Crippen LogP contribution is -2.34. The molecule has 28 heavy (non-hydrogen) atoms. The van der Waals surface area contributed by atoms with Crippen LogP contribution in [0.25, 0.3) is 4.85 Å². The van der Waals surface area contributed by atoms with Gasteiger partial charge in [-0.1, -0.05) is 17.7 Å². The van der Waals surface area contributed by atoms with E-state index in [1.165, 1.54) is 6.33 Å². The van der Waals surface area contributed by atoms with Gasteiger partial charge in [0.25, 0.3) is 5.91 Å². The monoisotopic (exact) mass is 394 g/mol. The second kappa shape index (κ2) is 6.75. The van der Waals surface area contributed by atoms with Crippen molar-refractivity contribution in [3.05, 3.63) is 58.4 Å². The van der Waals surface area contributed by atoms with Crippen LogP contribution in [0.2, 0.25) is 5.02 Å². The predicted octanol–water partition coefficient (Wildman–Crippen LogP) is 4.27. The molecule has 7 heteroatoms. The van der Waals surface area contributed by atoms with Gasteiger partial charge >= 0.3 is 0 Å². The highest BCUT2D eigenvalue weighted by atomic mass is 35.5. The number of fused-ring (bicyclic) bond motifs is 2. The number of benzene rings is 1. The first kappa shape index (κ1) is 17.4. The van der Waals surface area contributed by atoms with E-state index >= 15 is 0 Å². The quantitative estimate of drug-likeness (QED) is 0.729. The number of ether oxygens (including phenoxy) is 1. The molecule has 1 aromatic carbocycles. The van der Waals surface area contributed by atoms with Gasteiger partial charge in [0.15, 0.2) is 0 Å². The third-order valence-corrected chi connectivity index (χ3v) is 6.64. The summed E-state index contributed by atoms with van der Waals surface area (Å²) in [7, 11) is 0. The first-order valence-corrected chi connectivity index (χ1v) is 9.93. The van der Waals surface area contributed by atoms with Crippen LogP contribution >= 0.6 is 11.6 Å². The van der Waals surface area contributed by atoms with Crippen molar-refractivity contribution in [2.75, 3.05) is 0 Å². The summed E-state index contributed by atoms with van der Waals surface area (Å²) in [5.41, 5.74) is 1.94. The lowest BCUT2D eigenvalue weighted by Gasteiger charge is -2.25. The van der Waals surface area contributed by atoms with E-state index in [1.54, 1.807) is 18.3 Å². The molecule has 2 unspecified atom stereocenters. The summed E-state index contributed by atoms with van der Waals surface area (Å²) in [6, 6.07) is 5.53. The summed E-state index contributed by atoms with van der Waals surface area (Å²) in [5, 5.41) is 0.431. The zero-order chi connectivity index (χ0) is 19.3. The highest BCUT2D eigenvalue weighted by molar-refractivity contribution is 6.33. The minimum Gasteiger partial charge on any atom is -0.490 e. The minimum atomic E-state index is 0.0721. The highest BCUT2D eigenvalue weighted by Crippen LogP contribution is 2.48.